The molecule has 0 aromatic heterocycles. The number of hydrogen-bond acceptors (Lipinski definition) is 2. The average molecular weight is 340 g/mol. The second kappa shape index (κ2) is 7.55. The van der Waals surface area contributed by atoms with Crippen LogP contribution in [0, 0.1) is 6.92 Å². The van der Waals surface area contributed by atoms with Gasteiger partial charge in [-0.1, -0.05) is 66.5 Å². The van der Waals surface area contributed by atoms with E-state index >= 15 is 0 Å². The van der Waals surface area contributed by atoms with Gasteiger partial charge in [-0.3, -0.25) is 0 Å². The van der Waals surface area contributed by atoms with E-state index in [0.29, 0.717) is 11.1 Å². The normalized spacial score (nSPS) is 11.1. The van der Waals surface area contributed by atoms with Gasteiger partial charge in [0.25, 0.3) is 0 Å². The van der Waals surface area contributed by atoms with Gasteiger partial charge in [0.15, 0.2) is 0 Å². The number of aryl methyl sites for hydroxylation is 1. The van der Waals surface area contributed by atoms with E-state index < -0.39 is 0 Å². The Morgan fingerprint density at radius 3 is 2.52 bits per heavy atom. The van der Waals surface area contributed by atoms with Crippen LogP contribution in [0.1, 0.15) is 25.0 Å². The molecule has 0 heterocycles. The molecule has 1 nitrogen and oxygen atoms in total. The standard InChI is InChI=1S/C17H19Cl2NS/c1-11(2)20-10-13-8-12(3)4-7-16(13)21-17-9-14(18)5-6-15(17)19/h4-9,11,20H,10H2,1-3H3. The Balaban J connectivity index is 2.28. The highest BCUT2D eigenvalue weighted by Gasteiger charge is 2.09. The number of benzene rings is 2. The maximum atomic E-state index is 6.26. The molecule has 2 aromatic rings. The fourth-order valence-corrected chi connectivity index (χ4v) is 3.39. The minimum Gasteiger partial charge on any atom is -0.310 e. The van der Waals surface area contributed by atoms with Gasteiger partial charge in [-0.2, -0.15) is 0 Å². The number of rotatable bonds is 5. The van der Waals surface area contributed by atoms with Gasteiger partial charge < -0.3 is 5.32 Å². The highest BCUT2D eigenvalue weighted by molar-refractivity contribution is 7.99. The van der Waals surface area contributed by atoms with Crippen LogP contribution < -0.4 is 5.32 Å². The molecule has 2 rings (SSSR count). The average Bonchev–Trinajstić information content (AvgIpc) is 2.43. The first-order valence-corrected chi connectivity index (χ1v) is 8.49. The van der Waals surface area contributed by atoms with Crippen LogP contribution in [0.15, 0.2) is 46.2 Å². The third-order valence-corrected chi connectivity index (χ3v) is 4.88. The van der Waals surface area contributed by atoms with Crippen molar-refractivity contribution in [2.24, 2.45) is 0 Å². The fourth-order valence-electron chi connectivity index (χ4n) is 1.93. The lowest BCUT2D eigenvalue weighted by Gasteiger charge is -2.14. The summed E-state index contributed by atoms with van der Waals surface area (Å²) < 4.78 is 0. The van der Waals surface area contributed by atoms with E-state index in [1.807, 2.05) is 18.2 Å². The van der Waals surface area contributed by atoms with Crippen LogP contribution in [-0.4, -0.2) is 6.04 Å². The Hall–Kier alpha value is -0.670. The third kappa shape index (κ3) is 4.93. The first kappa shape index (κ1) is 16.7. The third-order valence-electron chi connectivity index (χ3n) is 3.03. The van der Waals surface area contributed by atoms with Crippen molar-refractivity contribution in [1.29, 1.82) is 0 Å². The molecule has 112 valence electrons. The zero-order valence-electron chi connectivity index (χ0n) is 12.4. The summed E-state index contributed by atoms with van der Waals surface area (Å²) in [5, 5.41) is 4.90. The fraction of sp³-hybridized carbons (Fsp3) is 0.294. The smallest absolute Gasteiger partial charge is 0.0546 e. The van der Waals surface area contributed by atoms with Crippen LogP contribution in [0.5, 0.6) is 0 Å². The number of halogens is 2. The van der Waals surface area contributed by atoms with E-state index in [0.717, 1.165) is 16.5 Å². The molecule has 4 heteroatoms. The Labute approximate surface area is 141 Å². The minimum atomic E-state index is 0.457. The van der Waals surface area contributed by atoms with Crippen LogP contribution in [-0.2, 0) is 6.54 Å². The van der Waals surface area contributed by atoms with Gasteiger partial charge in [0.1, 0.15) is 0 Å². The van der Waals surface area contributed by atoms with Gasteiger partial charge >= 0.3 is 0 Å². The van der Waals surface area contributed by atoms with Crippen molar-refractivity contribution in [2.75, 3.05) is 0 Å². The van der Waals surface area contributed by atoms with Crippen LogP contribution in [0.4, 0.5) is 0 Å². The van der Waals surface area contributed by atoms with E-state index in [9.17, 15) is 0 Å². The molecule has 0 aliphatic heterocycles. The molecule has 0 bridgehead atoms. The summed E-state index contributed by atoms with van der Waals surface area (Å²) in [6, 6.07) is 12.5. The maximum Gasteiger partial charge on any atom is 0.0546 e. The van der Waals surface area contributed by atoms with E-state index in [2.05, 4.69) is 44.3 Å². The van der Waals surface area contributed by atoms with Crippen LogP contribution in [0.25, 0.3) is 0 Å². The highest BCUT2D eigenvalue weighted by Crippen LogP contribution is 2.37. The zero-order valence-corrected chi connectivity index (χ0v) is 14.7. The van der Waals surface area contributed by atoms with Crippen LogP contribution in [0.3, 0.4) is 0 Å². The predicted molar refractivity (Wildman–Crippen MR) is 93.7 cm³/mol. The molecule has 0 atom stereocenters. The monoisotopic (exact) mass is 339 g/mol. The number of hydrogen-bond donors (Lipinski definition) is 1. The van der Waals surface area contributed by atoms with Gasteiger partial charge in [0.05, 0.1) is 5.02 Å². The second-order valence-corrected chi connectivity index (χ2v) is 7.25. The largest absolute Gasteiger partial charge is 0.310 e. The molecule has 0 saturated heterocycles. The van der Waals surface area contributed by atoms with Crippen molar-refractivity contribution in [3.63, 3.8) is 0 Å². The molecule has 0 radical (unpaired) electrons. The Bertz CT molecular complexity index is 626. The van der Waals surface area contributed by atoms with Crippen molar-refractivity contribution in [3.8, 4) is 0 Å². The van der Waals surface area contributed by atoms with Crippen molar-refractivity contribution in [1.82, 2.24) is 5.32 Å². The lowest BCUT2D eigenvalue weighted by molar-refractivity contribution is 0.584. The second-order valence-electron chi connectivity index (χ2n) is 5.32. The zero-order chi connectivity index (χ0) is 15.4. The summed E-state index contributed by atoms with van der Waals surface area (Å²) in [5.74, 6) is 0. The summed E-state index contributed by atoms with van der Waals surface area (Å²) in [7, 11) is 0. The van der Waals surface area contributed by atoms with Crippen molar-refractivity contribution in [3.05, 3.63) is 57.6 Å². The van der Waals surface area contributed by atoms with Gasteiger partial charge in [-0.15, -0.1) is 0 Å². The lowest BCUT2D eigenvalue weighted by Crippen LogP contribution is -2.22. The van der Waals surface area contributed by atoms with E-state index in [4.69, 9.17) is 23.2 Å². The van der Waals surface area contributed by atoms with Gasteiger partial charge in [-0.05, 0) is 36.8 Å². The van der Waals surface area contributed by atoms with E-state index in [1.165, 1.54) is 16.0 Å². The summed E-state index contributed by atoms with van der Waals surface area (Å²) in [6.07, 6.45) is 0. The van der Waals surface area contributed by atoms with Crippen LogP contribution >= 0.6 is 35.0 Å². The first-order valence-electron chi connectivity index (χ1n) is 6.91. The van der Waals surface area contributed by atoms with Crippen molar-refractivity contribution < 1.29 is 0 Å². The molecule has 0 aliphatic carbocycles. The molecule has 0 aliphatic rings. The maximum absolute atomic E-state index is 6.26. The topological polar surface area (TPSA) is 12.0 Å². The first-order chi connectivity index (χ1) is 9.95. The van der Waals surface area contributed by atoms with E-state index in [1.54, 1.807) is 11.8 Å². The van der Waals surface area contributed by atoms with E-state index in [-0.39, 0.29) is 0 Å². The summed E-state index contributed by atoms with van der Waals surface area (Å²) in [5.41, 5.74) is 2.54. The molecule has 0 unspecified atom stereocenters. The van der Waals surface area contributed by atoms with Crippen LogP contribution in [0.2, 0.25) is 10.0 Å². The van der Waals surface area contributed by atoms with Crippen molar-refractivity contribution in [2.45, 2.75) is 43.1 Å². The Morgan fingerprint density at radius 1 is 1.05 bits per heavy atom. The Morgan fingerprint density at radius 2 is 1.81 bits per heavy atom. The summed E-state index contributed by atoms with van der Waals surface area (Å²) in [4.78, 5) is 2.19. The molecule has 0 spiro atoms. The molecular weight excluding hydrogens is 321 g/mol. The quantitative estimate of drug-likeness (QED) is 0.722. The molecular formula is C17H19Cl2NS. The van der Waals surface area contributed by atoms with Gasteiger partial charge in [0.2, 0.25) is 0 Å². The van der Waals surface area contributed by atoms with Gasteiger partial charge in [-0.25, -0.2) is 0 Å². The highest BCUT2D eigenvalue weighted by atomic mass is 35.5. The van der Waals surface area contributed by atoms with Gasteiger partial charge in [0, 0.05) is 27.4 Å². The molecule has 1 N–H and O–H groups in total. The summed E-state index contributed by atoms with van der Waals surface area (Å²) >= 11 is 14.0. The number of nitrogens with one attached hydrogen (secondary N) is 1. The Kier molecular flexibility index (Phi) is 6.00. The SMILES string of the molecule is Cc1ccc(Sc2cc(Cl)ccc2Cl)c(CNC(C)C)c1. The molecule has 0 fully saturated rings. The predicted octanol–water partition coefficient (Wildman–Crippen LogP) is 5.95. The molecule has 21 heavy (non-hydrogen) atoms. The van der Waals surface area contributed by atoms with Crippen molar-refractivity contribution >= 4 is 35.0 Å². The summed E-state index contributed by atoms with van der Waals surface area (Å²) in [6.45, 7) is 7.26. The minimum absolute atomic E-state index is 0.457. The lowest BCUT2D eigenvalue weighted by atomic mass is 10.1. The molecule has 0 amide bonds. The molecule has 0 saturated carbocycles. The molecule has 2 aromatic carbocycles.